The topological polar surface area (TPSA) is 57.6 Å². The first-order chi connectivity index (χ1) is 8.60. The number of carboxylic acid groups (broad SMARTS) is 1. The van der Waals surface area contributed by atoms with E-state index in [2.05, 4.69) is 27.7 Å². The van der Waals surface area contributed by atoms with Gasteiger partial charge in [0.2, 0.25) is 5.91 Å². The summed E-state index contributed by atoms with van der Waals surface area (Å²) in [6.45, 7) is 9.38. The van der Waals surface area contributed by atoms with Crippen LogP contribution in [0.25, 0.3) is 0 Å². The Kier molecular flexibility index (Phi) is 3.40. The summed E-state index contributed by atoms with van der Waals surface area (Å²) in [5.74, 6) is -1.34. The first-order valence-corrected chi connectivity index (χ1v) is 7.12. The first-order valence-electron chi connectivity index (χ1n) is 7.12. The number of hydrogen-bond donors (Lipinski definition) is 1. The molecule has 1 atom stereocenters. The molecule has 4 heteroatoms. The van der Waals surface area contributed by atoms with Gasteiger partial charge in [0, 0.05) is 19.0 Å². The van der Waals surface area contributed by atoms with Crippen molar-refractivity contribution in [3.05, 3.63) is 0 Å². The Hall–Kier alpha value is -1.06. The lowest BCUT2D eigenvalue weighted by Crippen LogP contribution is -2.47. The summed E-state index contributed by atoms with van der Waals surface area (Å²) in [7, 11) is 0. The highest BCUT2D eigenvalue weighted by atomic mass is 16.4. The fourth-order valence-corrected chi connectivity index (χ4v) is 4.26. The second-order valence-electron chi connectivity index (χ2n) is 7.85. The van der Waals surface area contributed by atoms with Gasteiger partial charge in [-0.05, 0) is 30.1 Å². The highest BCUT2D eigenvalue weighted by Gasteiger charge is 2.45. The number of aliphatic carboxylic acids is 1. The molecule has 19 heavy (non-hydrogen) atoms. The lowest BCUT2D eigenvalue weighted by molar-refractivity contribution is -0.141. The zero-order chi connectivity index (χ0) is 14.4. The van der Waals surface area contributed by atoms with Gasteiger partial charge >= 0.3 is 5.97 Å². The predicted molar refractivity (Wildman–Crippen MR) is 72.7 cm³/mol. The summed E-state index contributed by atoms with van der Waals surface area (Å²) in [6, 6.07) is 0.204. The van der Waals surface area contributed by atoms with Crippen LogP contribution in [0.2, 0.25) is 0 Å². The van der Waals surface area contributed by atoms with Gasteiger partial charge in [-0.1, -0.05) is 27.7 Å². The van der Waals surface area contributed by atoms with E-state index in [1.165, 1.54) is 0 Å². The van der Waals surface area contributed by atoms with Crippen molar-refractivity contribution in [3.63, 3.8) is 0 Å². The van der Waals surface area contributed by atoms with Crippen LogP contribution in [0.4, 0.5) is 0 Å². The third-order valence-electron chi connectivity index (χ3n) is 4.48. The van der Waals surface area contributed by atoms with Crippen molar-refractivity contribution in [2.75, 3.05) is 6.54 Å². The van der Waals surface area contributed by atoms with Gasteiger partial charge in [0.1, 0.15) is 0 Å². The third kappa shape index (κ3) is 3.10. The fourth-order valence-electron chi connectivity index (χ4n) is 4.26. The number of carbonyl (C=O) groups is 2. The number of carbonyl (C=O) groups excluding carboxylic acids is 1. The van der Waals surface area contributed by atoms with Gasteiger partial charge < -0.3 is 10.0 Å². The van der Waals surface area contributed by atoms with E-state index in [1.54, 1.807) is 0 Å². The number of nitrogens with zero attached hydrogens (tertiary/aromatic N) is 1. The molecule has 2 fully saturated rings. The van der Waals surface area contributed by atoms with Crippen LogP contribution in [-0.4, -0.2) is 34.5 Å². The molecule has 1 N–H and O–H groups in total. The zero-order valence-corrected chi connectivity index (χ0v) is 12.4. The zero-order valence-electron chi connectivity index (χ0n) is 12.4. The Morgan fingerprint density at radius 2 is 1.74 bits per heavy atom. The molecule has 1 saturated heterocycles. The number of rotatable bonds is 2. The Balaban J connectivity index is 2.13. The van der Waals surface area contributed by atoms with Crippen molar-refractivity contribution in [3.8, 4) is 0 Å². The van der Waals surface area contributed by atoms with Gasteiger partial charge in [0.05, 0.1) is 5.92 Å². The van der Waals surface area contributed by atoms with E-state index in [9.17, 15) is 9.59 Å². The maximum atomic E-state index is 12.1. The standard InChI is InChI=1S/C15H25NO3/c1-14(2)6-11(7-15(3,4)9-14)16-8-10(13(18)19)5-12(16)17/h10-11H,5-9H2,1-4H3,(H,18,19). The number of amides is 1. The van der Waals surface area contributed by atoms with Crippen molar-refractivity contribution in [1.82, 2.24) is 4.90 Å². The van der Waals surface area contributed by atoms with Crippen LogP contribution in [0.5, 0.6) is 0 Å². The molecule has 1 aliphatic heterocycles. The van der Waals surface area contributed by atoms with Crippen molar-refractivity contribution < 1.29 is 14.7 Å². The fraction of sp³-hybridized carbons (Fsp3) is 0.867. The molecule has 1 aliphatic carbocycles. The largest absolute Gasteiger partial charge is 0.481 e. The molecule has 0 radical (unpaired) electrons. The molecule has 2 aliphatic rings. The van der Waals surface area contributed by atoms with Crippen molar-refractivity contribution in [2.24, 2.45) is 16.7 Å². The molecule has 0 aromatic heterocycles. The molecule has 0 aromatic rings. The van der Waals surface area contributed by atoms with Crippen LogP contribution in [0.3, 0.4) is 0 Å². The molecule has 0 bridgehead atoms. The summed E-state index contributed by atoms with van der Waals surface area (Å²) in [4.78, 5) is 25.0. The number of hydrogen-bond acceptors (Lipinski definition) is 2. The normalized spacial score (nSPS) is 30.6. The second-order valence-corrected chi connectivity index (χ2v) is 7.85. The van der Waals surface area contributed by atoms with E-state index in [4.69, 9.17) is 5.11 Å². The Morgan fingerprint density at radius 3 is 2.16 bits per heavy atom. The number of likely N-dealkylation sites (tertiary alicyclic amines) is 1. The maximum Gasteiger partial charge on any atom is 0.308 e. The molecule has 1 unspecified atom stereocenters. The van der Waals surface area contributed by atoms with Gasteiger partial charge in [0.15, 0.2) is 0 Å². The van der Waals surface area contributed by atoms with E-state index in [1.807, 2.05) is 4.90 Å². The van der Waals surface area contributed by atoms with E-state index in [0.29, 0.717) is 6.54 Å². The van der Waals surface area contributed by atoms with Gasteiger partial charge in [-0.25, -0.2) is 0 Å². The molecule has 1 heterocycles. The lowest BCUT2D eigenvalue weighted by atomic mass is 9.63. The van der Waals surface area contributed by atoms with Crippen LogP contribution >= 0.6 is 0 Å². The highest BCUT2D eigenvalue weighted by molar-refractivity contribution is 5.86. The molecular weight excluding hydrogens is 242 g/mol. The molecule has 0 aromatic carbocycles. The first kappa shape index (κ1) is 14.4. The Morgan fingerprint density at radius 1 is 1.21 bits per heavy atom. The summed E-state index contributed by atoms with van der Waals surface area (Å²) in [5, 5.41) is 9.07. The predicted octanol–water partition coefficient (Wildman–Crippen LogP) is 2.52. The van der Waals surface area contributed by atoms with E-state index in [-0.39, 0.29) is 29.2 Å². The summed E-state index contributed by atoms with van der Waals surface area (Å²) >= 11 is 0. The van der Waals surface area contributed by atoms with Gasteiger partial charge in [-0.3, -0.25) is 9.59 Å². The van der Waals surface area contributed by atoms with Crippen molar-refractivity contribution >= 4 is 11.9 Å². The van der Waals surface area contributed by atoms with E-state index in [0.717, 1.165) is 19.3 Å². The summed E-state index contributed by atoms with van der Waals surface area (Å²) < 4.78 is 0. The Bertz CT molecular complexity index is 384. The average Bonchev–Trinajstić information content (AvgIpc) is 2.55. The third-order valence-corrected chi connectivity index (χ3v) is 4.48. The van der Waals surface area contributed by atoms with Crippen LogP contribution in [0, 0.1) is 16.7 Å². The average molecular weight is 267 g/mol. The number of carboxylic acids is 1. The molecule has 2 rings (SSSR count). The van der Waals surface area contributed by atoms with Crippen molar-refractivity contribution in [1.29, 1.82) is 0 Å². The van der Waals surface area contributed by atoms with Crippen molar-refractivity contribution in [2.45, 2.75) is 59.4 Å². The molecule has 1 amide bonds. The van der Waals surface area contributed by atoms with Gasteiger partial charge in [-0.2, -0.15) is 0 Å². The maximum absolute atomic E-state index is 12.1. The SMILES string of the molecule is CC1(C)CC(N2CC(C(=O)O)CC2=O)CC(C)(C)C1. The molecule has 4 nitrogen and oxygen atoms in total. The van der Waals surface area contributed by atoms with Gasteiger partial charge in [-0.15, -0.1) is 0 Å². The minimum Gasteiger partial charge on any atom is -0.481 e. The highest BCUT2D eigenvalue weighted by Crippen LogP contribution is 2.47. The van der Waals surface area contributed by atoms with E-state index >= 15 is 0 Å². The monoisotopic (exact) mass is 267 g/mol. The van der Waals surface area contributed by atoms with Crippen LogP contribution in [0.15, 0.2) is 0 Å². The second kappa shape index (κ2) is 4.50. The molecular formula is C15H25NO3. The smallest absolute Gasteiger partial charge is 0.308 e. The van der Waals surface area contributed by atoms with Crippen LogP contribution in [-0.2, 0) is 9.59 Å². The minimum absolute atomic E-state index is 0.0194. The van der Waals surface area contributed by atoms with Crippen LogP contribution < -0.4 is 0 Å². The van der Waals surface area contributed by atoms with E-state index < -0.39 is 11.9 Å². The molecule has 108 valence electrons. The minimum atomic E-state index is -0.842. The summed E-state index contributed by atoms with van der Waals surface area (Å²) in [6.07, 6.45) is 3.29. The van der Waals surface area contributed by atoms with Gasteiger partial charge in [0.25, 0.3) is 0 Å². The quantitative estimate of drug-likeness (QED) is 0.836. The summed E-state index contributed by atoms with van der Waals surface area (Å²) in [5.41, 5.74) is 0.433. The van der Waals surface area contributed by atoms with Crippen LogP contribution in [0.1, 0.15) is 53.4 Å². The lowest BCUT2D eigenvalue weighted by Gasteiger charge is -2.47. The Labute approximate surface area is 115 Å². The molecule has 1 saturated carbocycles. The molecule has 0 spiro atoms.